The molecule has 0 radical (unpaired) electrons. The van der Waals surface area contributed by atoms with Gasteiger partial charge in [-0.25, -0.2) is 0 Å². The first-order valence-electron chi connectivity index (χ1n) is 4.97. The van der Waals surface area contributed by atoms with Crippen molar-refractivity contribution in [1.82, 2.24) is 0 Å². The number of halogens is 1. The van der Waals surface area contributed by atoms with Crippen molar-refractivity contribution in [3.05, 3.63) is 22.7 Å². The number of anilines is 1. The molecule has 2 nitrogen and oxygen atoms in total. The van der Waals surface area contributed by atoms with E-state index < -0.39 is 0 Å². The SMILES string of the molecule is Nc1ccc(Br)cc1OC1CCCC1. The Morgan fingerprint density at radius 3 is 2.71 bits per heavy atom. The molecular weight excluding hydrogens is 242 g/mol. The second-order valence-corrected chi connectivity index (χ2v) is 4.62. The Morgan fingerprint density at radius 2 is 2.00 bits per heavy atom. The number of nitrogens with two attached hydrogens (primary N) is 1. The van der Waals surface area contributed by atoms with Crippen LogP contribution < -0.4 is 10.5 Å². The predicted octanol–water partition coefficient (Wildman–Crippen LogP) is 3.35. The molecule has 1 fully saturated rings. The average Bonchev–Trinajstić information content (AvgIpc) is 2.64. The van der Waals surface area contributed by atoms with E-state index in [9.17, 15) is 0 Å². The first kappa shape index (κ1) is 9.84. The van der Waals surface area contributed by atoms with Crippen LogP contribution in [0.1, 0.15) is 25.7 Å². The normalized spacial score (nSPS) is 17.2. The van der Waals surface area contributed by atoms with Crippen molar-refractivity contribution in [2.24, 2.45) is 0 Å². The maximum atomic E-state index is 5.83. The van der Waals surface area contributed by atoms with Crippen molar-refractivity contribution < 1.29 is 4.74 Å². The molecule has 0 amide bonds. The summed E-state index contributed by atoms with van der Waals surface area (Å²) in [4.78, 5) is 0. The number of rotatable bonds is 2. The molecule has 0 heterocycles. The van der Waals surface area contributed by atoms with Gasteiger partial charge in [-0.1, -0.05) is 15.9 Å². The van der Waals surface area contributed by atoms with Gasteiger partial charge in [0.1, 0.15) is 5.75 Å². The molecule has 14 heavy (non-hydrogen) atoms. The molecule has 0 saturated heterocycles. The number of benzene rings is 1. The van der Waals surface area contributed by atoms with E-state index in [1.165, 1.54) is 12.8 Å². The molecule has 76 valence electrons. The fraction of sp³-hybridized carbons (Fsp3) is 0.455. The Balaban J connectivity index is 2.10. The fourth-order valence-electron chi connectivity index (χ4n) is 1.80. The van der Waals surface area contributed by atoms with Gasteiger partial charge >= 0.3 is 0 Å². The first-order chi connectivity index (χ1) is 6.75. The number of hydrogen-bond acceptors (Lipinski definition) is 2. The van der Waals surface area contributed by atoms with Gasteiger partial charge in [-0.2, -0.15) is 0 Å². The minimum absolute atomic E-state index is 0.367. The fourth-order valence-corrected chi connectivity index (χ4v) is 2.14. The molecule has 0 aliphatic heterocycles. The van der Waals surface area contributed by atoms with E-state index in [-0.39, 0.29) is 0 Å². The summed E-state index contributed by atoms with van der Waals surface area (Å²) in [6, 6.07) is 5.73. The molecule has 2 N–H and O–H groups in total. The van der Waals surface area contributed by atoms with E-state index in [4.69, 9.17) is 10.5 Å². The molecule has 0 aromatic heterocycles. The summed E-state index contributed by atoms with van der Waals surface area (Å²) in [6.07, 6.45) is 5.24. The van der Waals surface area contributed by atoms with Crippen LogP contribution >= 0.6 is 15.9 Å². The molecule has 0 atom stereocenters. The van der Waals surface area contributed by atoms with Gasteiger partial charge in [0.2, 0.25) is 0 Å². The van der Waals surface area contributed by atoms with Gasteiger partial charge in [0, 0.05) is 4.47 Å². The van der Waals surface area contributed by atoms with Crippen LogP contribution in [0.25, 0.3) is 0 Å². The third kappa shape index (κ3) is 2.21. The first-order valence-corrected chi connectivity index (χ1v) is 5.77. The largest absolute Gasteiger partial charge is 0.488 e. The third-order valence-corrected chi connectivity index (χ3v) is 3.06. The van der Waals surface area contributed by atoms with Crippen molar-refractivity contribution in [3.8, 4) is 5.75 Å². The van der Waals surface area contributed by atoms with Gasteiger partial charge < -0.3 is 10.5 Å². The Morgan fingerprint density at radius 1 is 1.29 bits per heavy atom. The summed E-state index contributed by atoms with van der Waals surface area (Å²) in [6.45, 7) is 0. The van der Waals surface area contributed by atoms with Gasteiger partial charge in [0.25, 0.3) is 0 Å². The van der Waals surface area contributed by atoms with Crippen molar-refractivity contribution >= 4 is 21.6 Å². The van der Waals surface area contributed by atoms with Crippen molar-refractivity contribution in [1.29, 1.82) is 0 Å². The molecule has 2 rings (SSSR count). The van der Waals surface area contributed by atoms with Gasteiger partial charge in [-0.05, 0) is 43.9 Å². The van der Waals surface area contributed by atoms with Crippen LogP contribution in [0.5, 0.6) is 5.75 Å². The zero-order chi connectivity index (χ0) is 9.97. The molecule has 3 heteroatoms. The molecule has 1 aliphatic carbocycles. The van der Waals surface area contributed by atoms with Crippen molar-refractivity contribution in [3.63, 3.8) is 0 Å². The lowest BCUT2D eigenvalue weighted by molar-refractivity contribution is 0.211. The molecule has 0 unspecified atom stereocenters. The van der Waals surface area contributed by atoms with Crippen LogP contribution in [0, 0.1) is 0 Å². The summed E-state index contributed by atoms with van der Waals surface area (Å²) in [5.74, 6) is 0.811. The van der Waals surface area contributed by atoms with Crippen LogP contribution in [0.4, 0.5) is 5.69 Å². The second kappa shape index (κ2) is 4.22. The van der Waals surface area contributed by atoms with Gasteiger partial charge in [-0.15, -0.1) is 0 Å². The summed E-state index contributed by atoms with van der Waals surface area (Å²) in [7, 11) is 0. The molecule has 1 aliphatic rings. The van der Waals surface area contributed by atoms with Crippen molar-refractivity contribution in [2.75, 3.05) is 5.73 Å². The van der Waals surface area contributed by atoms with Crippen LogP contribution in [0.2, 0.25) is 0 Å². The van der Waals surface area contributed by atoms with E-state index in [2.05, 4.69) is 15.9 Å². The lowest BCUT2D eigenvalue weighted by Gasteiger charge is -2.14. The lowest BCUT2D eigenvalue weighted by atomic mass is 10.2. The van der Waals surface area contributed by atoms with E-state index in [0.29, 0.717) is 6.10 Å². The van der Waals surface area contributed by atoms with Gasteiger partial charge in [-0.3, -0.25) is 0 Å². The molecule has 1 aromatic rings. The maximum absolute atomic E-state index is 5.83. The van der Waals surface area contributed by atoms with Crippen LogP contribution in [0.15, 0.2) is 22.7 Å². The highest BCUT2D eigenvalue weighted by molar-refractivity contribution is 9.10. The average molecular weight is 256 g/mol. The standard InChI is InChI=1S/C11H14BrNO/c12-8-5-6-10(13)11(7-8)14-9-3-1-2-4-9/h5-7,9H,1-4,13H2. The van der Waals surface area contributed by atoms with E-state index in [0.717, 1.165) is 28.8 Å². The molecule has 1 saturated carbocycles. The Bertz CT molecular complexity index is 321. The monoisotopic (exact) mass is 255 g/mol. The highest BCUT2D eigenvalue weighted by Crippen LogP contribution is 2.30. The summed E-state index contributed by atoms with van der Waals surface area (Å²) in [5, 5.41) is 0. The zero-order valence-electron chi connectivity index (χ0n) is 8.00. The molecule has 0 spiro atoms. The number of hydrogen-bond donors (Lipinski definition) is 1. The zero-order valence-corrected chi connectivity index (χ0v) is 9.59. The lowest BCUT2D eigenvalue weighted by Crippen LogP contribution is -2.11. The maximum Gasteiger partial charge on any atom is 0.143 e. The molecule has 1 aromatic carbocycles. The van der Waals surface area contributed by atoms with E-state index >= 15 is 0 Å². The number of ether oxygens (including phenoxy) is 1. The molecular formula is C11H14BrNO. The smallest absolute Gasteiger partial charge is 0.143 e. The van der Waals surface area contributed by atoms with E-state index in [1.54, 1.807) is 0 Å². The number of nitrogen functional groups attached to an aromatic ring is 1. The molecule has 0 bridgehead atoms. The van der Waals surface area contributed by atoms with Crippen LogP contribution in [-0.2, 0) is 0 Å². The highest BCUT2D eigenvalue weighted by Gasteiger charge is 2.17. The topological polar surface area (TPSA) is 35.2 Å². The predicted molar refractivity (Wildman–Crippen MR) is 61.4 cm³/mol. The summed E-state index contributed by atoms with van der Waals surface area (Å²) < 4.78 is 6.85. The van der Waals surface area contributed by atoms with Crippen LogP contribution in [-0.4, -0.2) is 6.10 Å². The third-order valence-electron chi connectivity index (χ3n) is 2.57. The Kier molecular flexibility index (Phi) is 2.96. The Hall–Kier alpha value is -0.700. The van der Waals surface area contributed by atoms with Gasteiger partial charge in [0.05, 0.1) is 11.8 Å². The minimum atomic E-state index is 0.367. The quantitative estimate of drug-likeness (QED) is 0.823. The van der Waals surface area contributed by atoms with Gasteiger partial charge in [0.15, 0.2) is 0 Å². The highest BCUT2D eigenvalue weighted by atomic mass is 79.9. The summed E-state index contributed by atoms with van der Waals surface area (Å²) >= 11 is 3.41. The van der Waals surface area contributed by atoms with E-state index in [1.807, 2.05) is 18.2 Å². The minimum Gasteiger partial charge on any atom is -0.488 e. The van der Waals surface area contributed by atoms with Crippen molar-refractivity contribution in [2.45, 2.75) is 31.8 Å². The van der Waals surface area contributed by atoms with Crippen LogP contribution in [0.3, 0.4) is 0 Å². The second-order valence-electron chi connectivity index (χ2n) is 3.71. The Labute approximate surface area is 92.6 Å². The summed E-state index contributed by atoms with van der Waals surface area (Å²) in [5.41, 5.74) is 6.54.